The van der Waals surface area contributed by atoms with E-state index in [0.717, 1.165) is 36.8 Å². The van der Waals surface area contributed by atoms with E-state index in [1.165, 1.54) is 0 Å². The van der Waals surface area contributed by atoms with Crippen molar-refractivity contribution in [2.24, 2.45) is 0 Å². The highest BCUT2D eigenvalue weighted by molar-refractivity contribution is 6.30. The zero-order chi connectivity index (χ0) is 21.0. The Morgan fingerprint density at radius 1 is 1.23 bits per heavy atom. The van der Waals surface area contributed by atoms with Crippen LogP contribution < -0.4 is 5.32 Å². The van der Waals surface area contributed by atoms with Gasteiger partial charge in [0, 0.05) is 36.3 Å². The second kappa shape index (κ2) is 8.96. The summed E-state index contributed by atoms with van der Waals surface area (Å²) < 4.78 is 5.98. The molecule has 7 heteroatoms. The van der Waals surface area contributed by atoms with E-state index in [4.69, 9.17) is 16.0 Å². The summed E-state index contributed by atoms with van der Waals surface area (Å²) in [6.45, 7) is 1.99. The number of aromatic nitrogens is 3. The third kappa shape index (κ3) is 4.54. The Hall–Kier alpha value is -2.73. The molecule has 3 aromatic rings. The molecule has 1 aliphatic rings. The minimum Gasteiger partial charge on any atom is -0.424 e. The van der Waals surface area contributed by atoms with Crippen LogP contribution in [0.2, 0.25) is 5.02 Å². The number of hydrogen-bond acceptors (Lipinski definition) is 5. The van der Waals surface area contributed by atoms with Gasteiger partial charge in [0.15, 0.2) is 0 Å². The summed E-state index contributed by atoms with van der Waals surface area (Å²) in [5.74, 6) is 1.11. The molecule has 2 aromatic heterocycles. The third-order valence-electron chi connectivity index (χ3n) is 5.72. The molecular weight excluding hydrogens is 400 g/mol. The van der Waals surface area contributed by atoms with Gasteiger partial charge in [0.1, 0.15) is 0 Å². The van der Waals surface area contributed by atoms with Gasteiger partial charge in [-0.25, -0.2) is 0 Å². The van der Waals surface area contributed by atoms with Crippen molar-refractivity contribution in [2.45, 2.75) is 56.9 Å². The summed E-state index contributed by atoms with van der Waals surface area (Å²) in [4.78, 5) is 16.4. The number of halogens is 1. The first-order valence-electron chi connectivity index (χ1n) is 10.3. The molecular formula is C23H25ClN4O2. The van der Waals surface area contributed by atoms with E-state index >= 15 is 0 Å². The van der Waals surface area contributed by atoms with Crippen LogP contribution >= 0.6 is 11.6 Å². The van der Waals surface area contributed by atoms with Gasteiger partial charge in [-0.15, -0.1) is 10.2 Å². The molecule has 1 aliphatic carbocycles. The molecule has 2 heterocycles. The van der Waals surface area contributed by atoms with Crippen LogP contribution in [0.5, 0.6) is 0 Å². The van der Waals surface area contributed by atoms with Gasteiger partial charge in [0.25, 0.3) is 0 Å². The smallest absolute Gasteiger partial charge is 0.227 e. The van der Waals surface area contributed by atoms with Crippen molar-refractivity contribution in [1.82, 2.24) is 20.5 Å². The SMILES string of the molecule is C[C@@H](Cc1cccnc1)NC(=O)CCc1nnc(C2(c3ccc(Cl)cc3)CCC2)o1. The third-order valence-corrected chi connectivity index (χ3v) is 5.97. The first-order chi connectivity index (χ1) is 14.5. The summed E-state index contributed by atoms with van der Waals surface area (Å²) in [6.07, 6.45) is 8.12. The highest BCUT2D eigenvalue weighted by Crippen LogP contribution is 2.48. The van der Waals surface area contributed by atoms with Gasteiger partial charge in [-0.3, -0.25) is 9.78 Å². The maximum atomic E-state index is 12.3. The fraction of sp³-hybridized carbons (Fsp3) is 0.391. The van der Waals surface area contributed by atoms with E-state index in [2.05, 4.69) is 20.5 Å². The van der Waals surface area contributed by atoms with E-state index in [0.29, 0.717) is 29.6 Å². The Balaban J connectivity index is 1.33. The number of rotatable bonds is 8. The van der Waals surface area contributed by atoms with Gasteiger partial charge < -0.3 is 9.73 Å². The van der Waals surface area contributed by atoms with Crippen LogP contribution in [0.3, 0.4) is 0 Å². The molecule has 1 aromatic carbocycles. The molecule has 6 nitrogen and oxygen atoms in total. The van der Waals surface area contributed by atoms with Crippen LogP contribution in [-0.4, -0.2) is 27.1 Å². The number of amides is 1. The first-order valence-corrected chi connectivity index (χ1v) is 10.7. The number of pyridine rings is 1. The molecule has 1 N–H and O–H groups in total. The predicted molar refractivity (Wildman–Crippen MR) is 114 cm³/mol. The van der Waals surface area contributed by atoms with Crippen molar-refractivity contribution < 1.29 is 9.21 Å². The van der Waals surface area contributed by atoms with Gasteiger partial charge in [-0.1, -0.05) is 36.2 Å². The monoisotopic (exact) mass is 424 g/mol. The molecule has 0 radical (unpaired) electrons. The zero-order valence-electron chi connectivity index (χ0n) is 17.0. The van der Waals surface area contributed by atoms with Gasteiger partial charge in [0.2, 0.25) is 17.7 Å². The largest absolute Gasteiger partial charge is 0.424 e. The summed E-state index contributed by atoms with van der Waals surface area (Å²) in [5.41, 5.74) is 2.02. The van der Waals surface area contributed by atoms with Crippen LogP contribution in [0.4, 0.5) is 0 Å². The summed E-state index contributed by atoms with van der Waals surface area (Å²) in [5, 5.41) is 12.2. The van der Waals surface area contributed by atoms with Crippen molar-refractivity contribution in [2.75, 3.05) is 0 Å². The lowest BCUT2D eigenvalue weighted by atomic mass is 9.64. The van der Waals surface area contributed by atoms with Crippen molar-refractivity contribution >= 4 is 17.5 Å². The Morgan fingerprint density at radius 2 is 2.03 bits per heavy atom. The lowest BCUT2D eigenvalue weighted by Crippen LogP contribution is -2.35. The molecule has 4 rings (SSSR count). The number of nitrogens with zero attached hydrogens (tertiary/aromatic N) is 3. The Bertz CT molecular complexity index is 984. The van der Waals surface area contributed by atoms with Crippen LogP contribution in [0.1, 0.15) is 55.5 Å². The Morgan fingerprint density at radius 3 is 2.70 bits per heavy atom. The van der Waals surface area contributed by atoms with Crippen molar-refractivity contribution in [3.05, 3.63) is 76.7 Å². The van der Waals surface area contributed by atoms with Crippen LogP contribution in [0.25, 0.3) is 0 Å². The molecule has 0 saturated heterocycles. The summed E-state index contributed by atoms with van der Waals surface area (Å²) in [7, 11) is 0. The molecule has 0 spiro atoms. The van der Waals surface area contributed by atoms with E-state index in [1.54, 1.807) is 6.20 Å². The lowest BCUT2D eigenvalue weighted by molar-refractivity contribution is -0.121. The van der Waals surface area contributed by atoms with Crippen molar-refractivity contribution in [3.8, 4) is 0 Å². The van der Waals surface area contributed by atoms with Gasteiger partial charge in [0.05, 0.1) is 5.41 Å². The predicted octanol–water partition coefficient (Wildman–Crippen LogP) is 4.27. The number of hydrogen-bond donors (Lipinski definition) is 1. The topological polar surface area (TPSA) is 80.9 Å². The molecule has 0 unspecified atom stereocenters. The lowest BCUT2D eigenvalue weighted by Gasteiger charge is -2.39. The maximum Gasteiger partial charge on any atom is 0.227 e. The fourth-order valence-electron chi connectivity index (χ4n) is 3.96. The number of carbonyl (C=O) groups excluding carboxylic acids is 1. The summed E-state index contributed by atoms with van der Waals surface area (Å²) in [6, 6.07) is 11.8. The molecule has 0 bridgehead atoms. The second-order valence-corrected chi connectivity index (χ2v) is 8.41. The van der Waals surface area contributed by atoms with Crippen LogP contribution in [0.15, 0.2) is 53.2 Å². The standard InChI is InChI=1S/C23H25ClN4O2/c1-16(14-17-4-2-13-25-15-17)26-20(29)9-10-21-27-28-22(30-21)23(11-3-12-23)18-5-7-19(24)8-6-18/h2,4-8,13,15-16H,3,9-12,14H2,1H3,(H,26,29)/t16-/m0/s1. The number of nitrogens with one attached hydrogen (secondary N) is 1. The van der Waals surface area contributed by atoms with Gasteiger partial charge in [-0.2, -0.15) is 0 Å². The quantitative estimate of drug-likeness (QED) is 0.584. The van der Waals surface area contributed by atoms with Gasteiger partial charge in [-0.05, 0) is 55.5 Å². The number of carbonyl (C=O) groups is 1. The van der Waals surface area contributed by atoms with E-state index in [-0.39, 0.29) is 17.4 Å². The minimum atomic E-state index is -0.226. The average molecular weight is 425 g/mol. The van der Waals surface area contributed by atoms with E-state index in [9.17, 15) is 4.79 Å². The molecule has 156 valence electrons. The fourth-order valence-corrected chi connectivity index (χ4v) is 4.09. The van der Waals surface area contributed by atoms with Crippen molar-refractivity contribution in [3.63, 3.8) is 0 Å². The number of benzene rings is 1. The Kier molecular flexibility index (Phi) is 6.13. The molecule has 1 amide bonds. The zero-order valence-corrected chi connectivity index (χ0v) is 17.7. The molecule has 30 heavy (non-hydrogen) atoms. The van der Waals surface area contributed by atoms with Crippen LogP contribution in [-0.2, 0) is 23.1 Å². The molecule has 0 aliphatic heterocycles. The van der Waals surface area contributed by atoms with E-state index < -0.39 is 0 Å². The van der Waals surface area contributed by atoms with Crippen molar-refractivity contribution in [1.29, 1.82) is 0 Å². The Labute approximate surface area is 181 Å². The average Bonchev–Trinajstić information content (AvgIpc) is 3.17. The van der Waals surface area contributed by atoms with E-state index in [1.807, 2.05) is 49.5 Å². The normalized spacial score (nSPS) is 15.9. The molecule has 1 fully saturated rings. The molecule has 1 atom stereocenters. The second-order valence-electron chi connectivity index (χ2n) is 7.98. The highest BCUT2D eigenvalue weighted by Gasteiger charge is 2.45. The highest BCUT2D eigenvalue weighted by atomic mass is 35.5. The maximum absolute atomic E-state index is 12.3. The van der Waals surface area contributed by atoms with Crippen LogP contribution in [0, 0.1) is 0 Å². The van der Waals surface area contributed by atoms with Gasteiger partial charge >= 0.3 is 0 Å². The number of aryl methyl sites for hydroxylation is 1. The first kappa shape index (κ1) is 20.5. The minimum absolute atomic E-state index is 0.0257. The summed E-state index contributed by atoms with van der Waals surface area (Å²) >= 11 is 6.03. The molecule has 1 saturated carbocycles.